The summed E-state index contributed by atoms with van der Waals surface area (Å²) >= 11 is 8.00. The van der Waals surface area contributed by atoms with Crippen molar-refractivity contribution in [2.45, 2.75) is 6.42 Å². The van der Waals surface area contributed by atoms with Gasteiger partial charge in [0.15, 0.2) is 0 Å². The molecule has 1 aliphatic heterocycles. The Morgan fingerprint density at radius 3 is 3.00 bits per heavy atom. The van der Waals surface area contributed by atoms with Crippen LogP contribution in [0.5, 0.6) is 0 Å². The molecule has 1 atom stereocenters. The molecule has 0 radical (unpaired) electrons. The number of amides is 1. The first-order chi connectivity index (χ1) is 7.66. The molecule has 16 heavy (non-hydrogen) atoms. The topological polar surface area (TPSA) is 38.3 Å². The lowest BCUT2D eigenvalue weighted by molar-refractivity contribution is -0.119. The van der Waals surface area contributed by atoms with Crippen LogP contribution in [0.15, 0.2) is 18.2 Å². The number of anilines is 1. The largest absolute Gasteiger partial charge is 0.381 e. The number of carbonyl (C=O) groups is 1. The number of halogens is 2. The summed E-state index contributed by atoms with van der Waals surface area (Å²) in [6, 6.07) is 5.41. The van der Waals surface area contributed by atoms with Crippen molar-refractivity contribution in [3.05, 3.63) is 26.8 Å². The molecule has 1 heterocycles. The van der Waals surface area contributed by atoms with Crippen molar-refractivity contribution < 1.29 is 9.53 Å². The Bertz CT molecular complexity index is 405. The van der Waals surface area contributed by atoms with Crippen molar-refractivity contribution in [1.82, 2.24) is 0 Å². The van der Waals surface area contributed by atoms with Gasteiger partial charge in [0.25, 0.3) is 0 Å². The van der Waals surface area contributed by atoms with Gasteiger partial charge in [-0.05, 0) is 47.2 Å². The van der Waals surface area contributed by atoms with Crippen LogP contribution < -0.4 is 5.32 Å². The van der Waals surface area contributed by atoms with Crippen molar-refractivity contribution >= 4 is 45.8 Å². The van der Waals surface area contributed by atoms with E-state index in [1.54, 1.807) is 6.07 Å². The first-order valence-electron chi connectivity index (χ1n) is 5.00. The fourth-order valence-corrected chi connectivity index (χ4v) is 2.57. The first-order valence-corrected chi connectivity index (χ1v) is 6.46. The second-order valence-corrected chi connectivity index (χ2v) is 5.27. The maximum absolute atomic E-state index is 11.8. The van der Waals surface area contributed by atoms with E-state index in [-0.39, 0.29) is 11.8 Å². The van der Waals surface area contributed by atoms with Gasteiger partial charge >= 0.3 is 0 Å². The lowest BCUT2D eigenvalue weighted by atomic mass is 10.1. The molecule has 1 aliphatic rings. The minimum atomic E-state index is -0.0218. The third-order valence-electron chi connectivity index (χ3n) is 2.49. The van der Waals surface area contributed by atoms with Crippen molar-refractivity contribution in [3.8, 4) is 0 Å². The van der Waals surface area contributed by atoms with Gasteiger partial charge in [0.05, 0.1) is 18.2 Å². The third-order valence-corrected chi connectivity index (χ3v) is 3.62. The van der Waals surface area contributed by atoms with Crippen LogP contribution >= 0.6 is 34.2 Å². The maximum Gasteiger partial charge on any atom is 0.229 e. The molecule has 0 spiro atoms. The number of benzene rings is 1. The molecule has 1 fully saturated rings. The van der Waals surface area contributed by atoms with Crippen LogP contribution in [0.1, 0.15) is 6.42 Å². The van der Waals surface area contributed by atoms with E-state index in [1.807, 2.05) is 12.1 Å². The summed E-state index contributed by atoms with van der Waals surface area (Å²) in [6.45, 7) is 1.20. The Morgan fingerprint density at radius 1 is 1.56 bits per heavy atom. The Labute approximate surface area is 113 Å². The Morgan fingerprint density at radius 2 is 2.38 bits per heavy atom. The molecule has 0 saturated carbocycles. The summed E-state index contributed by atoms with van der Waals surface area (Å²) < 4.78 is 6.12. The van der Waals surface area contributed by atoms with Crippen LogP contribution in [0, 0.1) is 9.49 Å². The summed E-state index contributed by atoms with van der Waals surface area (Å²) in [7, 11) is 0. The molecule has 1 saturated heterocycles. The summed E-state index contributed by atoms with van der Waals surface area (Å²) in [5, 5.41) is 3.57. The zero-order chi connectivity index (χ0) is 11.5. The molecule has 1 aromatic carbocycles. The summed E-state index contributed by atoms with van der Waals surface area (Å²) in [5.41, 5.74) is 0.807. The van der Waals surface area contributed by atoms with E-state index in [2.05, 4.69) is 27.9 Å². The number of carbonyl (C=O) groups excluding carboxylic acids is 1. The third kappa shape index (κ3) is 2.87. The van der Waals surface area contributed by atoms with E-state index in [0.717, 1.165) is 15.7 Å². The molecule has 2 rings (SSSR count). The van der Waals surface area contributed by atoms with Gasteiger partial charge in [-0.15, -0.1) is 0 Å². The number of hydrogen-bond donors (Lipinski definition) is 1. The van der Waals surface area contributed by atoms with Gasteiger partial charge in [-0.1, -0.05) is 11.6 Å². The van der Waals surface area contributed by atoms with E-state index in [0.29, 0.717) is 18.2 Å². The molecule has 0 aromatic heterocycles. The number of nitrogens with one attached hydrogen (secondary N) is 1. The van der Waals surface area contributed by atoms with Gasteiger partial charge in [-0.2, -0.15) is 0 Å². The quantitative estimate of drug-likeness (QED) is 0.832. The molecule has 3 nitrogen and oxygen atoms in total. The monoisotopic (exact) mass is 351 g/mol. The zero-order valence-electron chi connectivity index (χ0n) is 8.50. The molecule has 1 aromatic rings. The summed E-state index contributed by atoms with van der Waals surface area (Å²) in [4.78, 5) is 11.8. The van der Waals surface area contributed by atoms with E-state index >= 15 is 0 Å². The second-order valence-electron chi connectivity index (χ2n) is 3.67. The molecule has 86 valence electrons. The number of hydrogen-bond acceptors (Lipinski definition) is 2. The molecular formula is C11H11ClINO2. The molecule has 1 amide bonds. The van der Waals surface area contributed by atoms with Crippen molar-refractivity contribution in [2.75, 3.05) is 18.5 Å². The fraction of sp³-hybridized carbons (Fsp3) is 0.364. The van der Waals surface area contributed by atoms with Gasteiger partial charge in [-0.3, -0.25) is 4.79 Å². The van der Waals surface area contributed by atoms with E-state index in [1.165, 1.54) is 0 Å². The summed E-state index contributed by atoms with van der Waals surface area (Å²) in [5.74, 6) is 0.00390. The van der Waals surface area contributed by atoms with Gasteiger partial charge in [0.2, 0.25) is 5.91 Å². The highest BCUT2D eigenvalue weighted by Gasteiger charge is 2.23. The van der Waals surface area contributed by atoms with E-state index < -0.39 is 0 Å². The van der Waals surface area contributed by atoms with E-state index in [9.17, 15) is 4.79 Å². The van der Waals surface area contributed by atoms with Crippen molar-refractivity contribution in [2.24, 2.45) is 5.92 Å². The Balaban J connectivity index is 2.05. The maximum atomic E-state index is 11.8. The van der Waals surface area contributed by atoms with E-state index in [4.69, 9.17) is 16.3 Å². The lowest BCUT2D eigenvalue weighted by Gasteiger charge is -2.10. The van der Waals surface area contributed by atoms with Gasteiger partial charge in [0, 0.05) is 15.2 Å². The van der Waals surface area contributed by atoms with Gasteiger partial charge in [-0.25, -0.2) is 0 Å². The number of ether oxygens (including phenoxy) is 1. The SMILES string of the molecule is O=C(Nc1ccc(Cl)cc1I)C1CCOC1. The predicted octanol–water partition coefficient (Wildman–Crippen LogP) is 2.92. The lowest BCUT2D eigenvalue weighted by Crippen LogP contribution is -2.23. The summed E-state index contributed by atoms with van der Waals surface area (Å²) in [6.07, 6.45) is 0.802. The smallest absolute Gasteiger partial charge is 0.229 e. The van der Waals surface area contributed by atoms with Crippen LogP contribution in [-0.4, -0.2) is 19.1 Å². The zero-order valence-corrected chi connectivity index (χ0v) is 11.4. The molecule has 0 aliphatic carbocycles. The highest BCUT2D eigenvalue weighted by atomic mass is 127. The average molecular weight is 352 g/mol. The highest BCUT2D eigenvalue weighted by Crippen LogP contribution is 2.23. The Kier molecular flexibility index (Phi) is 4.05. The molecule has 5 heteroatoms. The highest BCUT2D eigenvalue weighted by molar-refractivity contribution is 14.1. The minimum absolute atomic E-state index is 0.0218. The molecule has 0 bridgehead atoms. The molecular weight excluding hydrogens is 340 g/mol. The van der Waals surface area contributed by atoms with Crippen LogP contribution in [0.2, 0.25) is 5.02 Å². The first kappa shape index (κ1) is 12.1. The van der Waals surface area contributed by atoms with Gasteiger partial charge < -0.3 is 10.1 Å². The van der Waals surface area contributed by atoms with Crippen LogP contribution in [0.4, 0.5) is 5.69 Å². The average Bonchev–Trinajstić information content (AvgIpc) is 2.75. The van der Waals surface area contributed by atoms with Crippen molar-refractivity contribution in [1.29, 1.82) is 0 Å². The fourth-order valence-electron chi connectivity index (χ4n) is 1.57. The standard InChI is InChI=1S/C11H11ClINO2/c12-8-1-2-10(9(13)5-8)14-11(15)7-3-4-16-6-7/h1-2,5,7H,3-4,6H2,(H,14,15). The van der Waals surface area contributed by atoms with Crippen LogP contribution in [-0.2, 0) is 9.53 Å². The number of rotatable bonds is 2. The molecule has 1 unspecified atom stereocenters. The van der Waals surface area contributed by atoms with Crippen molar-refractivity contribution in [3.63, 3.8) is 0 Å². The van der Waals surface area contributed by atoms with Crippen LogP contribution in [0.3, 0.4) is 0 Å². The van der Waals surface area contributed by atoms with Gasteiger partial charge in [0.1, 0.15) is 0 Å². The van der Waals surface area contributed by atoms with Crippen LogP contribution in [0.25, 0.3) is 0 Å². The Hall–Kier alpha value is -0.330. The minimum Gasteiger partial charge on any atom is -0.381 e. The molecule has 1 N–H and O–H groups in total. The normalized spacial score (nSPS) is 19.8. The predicted molar refractivity (Wildman–Crippen MR) is 71.7 cm³/mol. The second kappa shape index (κ2) is 5.33.